The Kier molecular flexibility index (Phi) is 2.78. The van der Waals surface area contributed by atoms with Gasteiger partial charge in [-0.05, 0) is 25.5 Å². The fraction of sp³-hybridized carbons (Fsp3) is 0.333. The van der Waals surface area contributed by atoms with Crippen LogP contribution in [0.5, 0.6) is 0 Å². The maximum Gasteiger partial charge on any atom is 0.354 e. The lowest BCUT2D eigenvalue weighted by Gasteiger charge is -2.07. The summed E-state index contributed by atoms with van der Waals surface area (Å²) < 4.78 is 24.7. The number of aromatic carboxylic acids is 1. The smallest absolute Gasteiger partial charge is 0.354 e. The molecule has 0 radical (unpaired) electrons. The van der Waals surface area contributed by atoms with E-state index in [9.17, 15) is 13.6 Å². The van der Waals surface area contributed by atoms with Crippen LogP contribution in [0.25, 0.3) is 0 Å². The largest absolute Gasteiger partial charge is 0.477 e. The molecule has 1 heterocycles. The van der Waals surface area contributed by atoms with E-state index >= 15 is 0 Å². The molecule has 0 aliphatic rings. The van der Waals surface area contributed by atoms with E-state index < -0.39 is 12.4 Å². The van der Waals surface area contributed by atoms with Gasteiger partial charge in [0.1, 0.15) is 0 Å². The Morgan fingerprint density at radius 1 is 1.50 bits per heavy atom. The minimum absolute atomic E-state index is 0.0583. The molecule has 0 saturated heterocycles. The Morgan fingerprint density at radius 2 is 2.07 bits per heavy atom. The number of halogens is 2. The summed E-state index contributed by atoms with van der Waals surface area (Å²) >= 11 is 0. The fourth-order valence-electron chi connectivity index (χ4n) is 1.16. The van der Waals surface area contributed by atoms with Gasteiger partial charge in [-0.25, -0.2) is 18.6 Å². The molecule has 0 spiro atoms. The highest BCUT2D eigenvalue weighted by Crippen LogP contribution is 2.23. The maximum absolute atomic E-state index is 12.4. The number of carbonyl (C=O) groups is 1. The van der Waals surface area contributed by atoms with E-state index in [2.05, 4.69) is 4.98 Å². The molecule has 14 heavy (non-hydrogen) atoms. The van der Waals surface area contributed by atoms with Crippen LogP contribution in [-0.2, 0) is 0 Å². The molecule has 0 aromatic carbocycles. The monoisotopic (exact) mass is 201 g/mol. The molecule has 1 aromatic heterocycles. The highest BCUT2D eigenvalue weighted by atomic mass is 19.3. The van der Waals surface area contributed by atoms with Crippen LogP contribution in [0.15, 0.2) is 6.07 Å². The molecule has 5 heteroatoms. The Morgan fingerprint density at radius 3 is 2.50 bits per heavy atom. The minimum atomic E-state index is -2.62. The molecule has 0 amide bonds. The van der Waals surface area contributed by atoms with Gasteiger partial charge in [-0.2, -0.15) is 0 Å². The molecule has 0 bridgehead atoms. The lowest BCUT2D eigenvalue weighted by atomic mass is 10.1. The number of nitrogens with zero attached hydrogens (tertiary/aromatic N) is 1. The van der Waals surface area contributed by atoms with E-state index in [-0.39, 0.29) is 22.5 Å². The molecule has 0 atom stereocenters. The molecule has 0 saturated carbocycles. The third-order valence-electron chi connectivity index (χ3n) is 1.88. The zero-order valence-electron chi connectivity index (χ0n) is 7.71. The van der Waals surface area contributed by atoms with Gasteiger partial charge in [-0.15, -0.1) is 0 Å². The number of carboxylic acids is 1. The lowest BCUT2D eigenvalue weighted by molar-refractivity contribution is 0.0688. The molecule has 76 valence electrons. The van der Waals surface area contributed by atoms with Crippen LogP contribution in [-0.4, -0.2) is 16.1 Å². The van der Waals surface area contributed by atoms with Gasteiger partial charge in [0.25, 0.3) is 6.43 Å². The number of alkyl halides is 2. The summed E-state index contributed by atoms with van der Waals surface area (Å²) in [5, 5.41) is 8.67. The zero-order chi connectivity index (χ0) is 10.9. The average molecular weight is 201 g/mol. The Balaban J connectivity index is 3.31. The molecule has 0 aliphatic heterocycles. The van der Waals surface area contributed by atoms with Gasteiger partial charge >= 0.3 is 5.97 Å². The zero-order valence-corrected chi connectivity index (χ0v) is 7.71. The van der Waals surface area contributed by atoms with Crippen LogP contribution in [0.2, 0.25) is 0 Å². The second kappa shape index (κ2) is 3.69. The van der Waals surface area contributed by atoms with Gasteiger partial charge in [0.05, 0.1) is 0 Å². The minimum Gasteiger partial charge on any atom is -0.477 e. The first-order valence-corrected chi connectivity index (χ1v) is 3.93. The molecule has 0 unspecified atom stereocenters. The molecule has 0 fully saturated rings. The fourth-order valence-corrected chi connectivity index (χ4v) is 1.16. The number of aryl methyl sites for hydroxylation is 2. The van der Waals surface area contributed by atoms with Crippen molar-refractivity contribution in [1.82, 2.24) is 4.98 Å². The summed E-state index contributed by atoms with van der Waals surface area (Å²) in [7, 11) is 0. The summed E-state index contributed by atoms with van der Waals surface area (Å²) in [6.07, 6.45) is -2.62. The van der Waals surface area contributed by atoms with Crippen LogP contribution in [0.4, 0.5) is 8.78 Å². The van der Waals surface area contributed by atoms with E-state index in [1.165, 1.54) is 13.8 Å². The van der Waals surface area contributed by atoms with Crippen molar-refractivity contribution in [3.8, 4) is 0 Å². The van der Waals surface area contributed by atoms with Crippen LogP contribution in [0.1, 0.15) is 33.7 Å². The highest BCUT2D eigenvalue weighted by Gasteiger charge is 2.16. The summed E-state index contributed by atoms with van der Waals surface area (Å²) in [4.78, 5) is 14.2. The van der Waals surface area contributed by atoms with Crippen LogP contribution < -0.4 is 0 Å². The van der Waals surface area contributed by atoms with E-state index in [4.69, 9.17) is 5.11 Å². The van der Waals surface area contributed by atoms with Gasteiger partial charge in [0, 0.05) is 11.3 Å². The van der Waals surface area contributed by atoms with Gasteiger partial charge in [0.15, 0.2) is 5.69 Å². The SMILES string of the molecule is Cc1cc(C(F)F)c(C)nc1C(=O)O. The number of aromatic nitrogens is 1. The number of carboxylic acid groups (broad SMARTS) is 1. The molecule has 1 rings (SSSR count). The summed E-state index contributed by atoms with van der Waals surface area (Å²) in [5.41, 5.74) is -0.0826. The van der Waals surface area contributed by atoms with Gasteiger partial charge < -0.3 is 5.11 Å². The Bertz CT molecular complexity index is 377. The van der Waals surface area contributed by atoms with Crippen LogP contribution in [0.3, 0.4) is 0 Å². The predicted octanol–water partition coefficient (Wildman–Crippen LogP) is 2.33. The Labute approximate surface area is 79.4 Å². The van der Waals surface area contributed by atoms with Crippen molar-refractivity contribution in [2.24, 2.45) is 0 Å². The molecule has 1 aromatic rings. The standard InChI is InChI=1S/C9H9F2NO2/c1-4-3-6(8(10)11)5(2)12-7(4)9(13)14/h3,8H,1-2H3,(H,13,14). The third kappa shape index (κ3) is 1.86. The normalized spacial score (nSPS) is 10.6. The third-order valence-corrected chi connectivity index (χ3v) is 1.88. The van der Waals surface area contributed by atoms with E-state index in [0.717, 1.165) is 6.07 Å². The highest BCUT2D eigenvalue weighted by molar-refractivity contribution is 5.87. The van der Waals surface area contributed by atoms with Gasteiger partial charge in [-0.1, -0.05) is 0 Å². The predicted molar refractivity (Wildman–Crippen MR) is 45.6 cm³/mol. The van der Waals surface area contributed by atoms with Crippen molar-refractivity contribution in [3.63, 3.8) is 0 Å². The lowest BCUT2D eigenvalue weighted by Crippen LogP contribution is -2.07. The van der Waals surface area contributed by atoms with E-state index in [1.807, 2.05) is 0 Å². The summed E-state index contributed by atoms with van der Waals surface area (Å²) in [5.74, 6) is -1.20. The maximum atomic E-state index is 12.4. The molecule has 0 aliphatic carbocycles. The van der Waals surface area contributed by atoms with E-state index in [1.54, 1.807) is 0 Å². The molecular weight excluding hydrogens is 192 g/mol. The average Bonchev–Trinajstić information content (AvgIpc) is 2.07. The first-order chi connectivity index (χ1) is 6.43. The van der Waals surface area contributed by atoms with Crippen molar-refractivity contribution in [1.29, 1.82) is 0 Å². The van der Waals surface area contributed by atoms with E-state index in [0.29, 0.717) is 0 Å². The van der Waals surface area contributed by atoms with Gasteiger partial charge in [0.2, 0.25) is 0 Å². The quantitative estimate of drug-likeness (QED) is 0.798. The second-order valence-electron chi connectivity index (χ2n) is 2.93. The van der Waals surface area contributed by atoms with Crippen molar-refractivity contribution in [2.75, 3.05) is 0 Å². The summed E-state index contributed by atoms with van der Waals surface area (Å²) in [6.45, 7) is 2.81. The van der Waals surface area contributed by atoms with Gasteiger partial charge in [-0.3, -0.25) is 0 Å². The number of rotatable bonds is 2. The van der Waals surface area contributed by atoms with Crippen molar-refractivity contribution in [2.45, 2.75) is 20.3 Å². The topological polar surface area (TPSA) is 50.2 Å². The first kappa shape index (κ1) is 10.6. The van der Waals surface area contributed by atoms with Crippen molar-refractivity contribution in [3.05, 3.63) is 28.6 Å². The first-order valence-electron chi connectivity index (χ1n) is 3.93. The van der Waals surface area contributed by atoms with Crippen molar-refractivity contribution >= 4 is 5.97 Å². The number of pyridine rings is 1. The molecule has 3 nitrogen and oxygen atoms in total. The summed E-state index contributed by atoms with van der Waals surface area (Å²) in [6, 6.07) is 1.16. The molecule has 1 N–H and O–H groups in total. The molecular formula is C9H9F2NO2. The van der Waals surface area contributed by atoms with Crippen LogP contribution in [0, 0.1) is 13.8 Å². The second-order valence-corrected chi connectivity index (χ2v) is 2.93. The number of hydrogen-bond donors (Lipinski definition) is 1. The number of hydrogen-bond acceptors (Lipinski definition) is 2. The van der Waals surface area contributed by atoms with Crippen molar-refractivity contribution < 1.29 is 18.7 Å². The Hall–Kier alpha value is -1.52. The van der Waals surface area contributed by atoms with Crippen LogP contribution >= 0.6 is 0 Å².